The van der Waals surface area contributed by atoms with Crippen LogP contribution in [0.15, 0.2) is 42.2 Å². The van der Waals surface area contributed by atoms with Gasteiger partial charge in [-0.05, 0) is 32.1 Å². The first-order chi connectivity index (χ1) is 10.5. The summed E-state index contributed by atoms with van der Waals surface area (Å²) >= 11 is 0. The standard InChI is InChI=1S/C17H16O5/c1-3-21-15-7-5-4-6-12(15)8-9-13(18)16-14(19)10-11(2)22-17(16)20/h4-10,16H,3H2,1-2H3/b9-8+. The topological polar surface area (TPSA) is 69.7 Å². The monoisotopic (exact) mass is 300 g/mol. The first kappa shape index (κ1) is 15.7. The number of carbonyl (C=O) groups is 3. The molecule has 1 heterocycles. The van der Waals surface area contributed by atoms with Crippen LogP contribution in [0.1, 0.15) is 19.4 Å². The predicted octanol–water partition coefficient (Wildman–Crippen LogP) is 2.31. The number of allylic oxidation sites excluding steroid dienone is 3. The van der Waals surface area contributed by atoms with Gasteiger partial charge in [0, 0.05) is 11.6 Å². The lowest BCUT2D eigenvalue weighted by atomic mass is 9.96. The zero-order valence-electron chi connectivity index (χ0n) is 12.4. The van der Waals surface area contributed by atoms with Crippen molar-refractivity contribution in [2.75, 3.05) is 6.61 Å². The highest BCUT2D eigenvalue weighted by Crippen LogP contribution is 2.21. The summed E-state index contributed by atoms with van der Waals surface area (Å²) in [6.07, 6.45) is 3.89. The molecular weight excluding hydrogens is 284 g/mol. The fourth-order valence-corrected chi connectivity index (χ4v) is 2.08. The Labute approximate surface area is 128 Å². The summed E-state index contributed by atoms with van der Waals surface area (Å²) in [4.78, 5) is 35.5. The van der Waals surface area contributed by atoms with Gasteiger partial charge in [0.05, 0.1) is 6.61 Å². The lowest BCUT2D eigenvalue weighted by Crippen LogP contribution is -2.34. The van der Waals surface area contributed by atoms with Gasteiger partial charge in [-0.3, -0.25) is 14.4 Å². The molecule has 0 saturated carbocycles. The highest BCUT2D eigenvalue weighted by molar-refractivity contribution is 6.25. The van der Waals surface area contributed by atoms with Gasteiger partial charge in [0.2, 0.25) is 0 Å². The number of carbonyl (C=O) groups excluding carboxylic acids is 3. The van der Waals surface area contributed by atoms with Crippen LogP contribution in [-0.4, -0.2) is 24.1 Å². The van der Waals surface area contributed by atoms with Gasteiger partial charge in [-0.15, -0.1) is 0 Å². The predicted molar refractivity (Wildman–Crippen MR) is 80.0 cm³/mol. The van der Waals surface area contributed by atoms with Gasteiger partial charge in [0.25, 0.3) is 0 Å². The lowest BCUT2D eigenvalue weighted by molar-refractivity contribution is -0.151. The van der Waals surface area contributed by atoms with E-state index in [9.17, 15) is 14.4 Å². The molecule has 0 spiro atoms. The molecule has 0 fully saturated rings. The lowest BCUT2D eigenvalue weighted by Gasteiger charge is -2.15. The molecule has 22 heavy (non-hydrogen) atoms. The van der Waals surface area contributed by atoms with Crippen molar-refractivity contribution in [3.63, 3.8) is 0 Å². The third kappa shape index (κ3) is 3.49. The van der Waals surface area contributed by atoms with E-state index in [0.29, 0.717) is 17.9 Å². The van der Waals surface area contributed by atoms with Crippen molar-refractivity contribution < 1.29 is 23.9 Å². The minimum Gasteiger partial charge on any atom is -0.493 e. The summed E-state index contributed by atoms with van der Waals surface area (Å²) in [5.41, 5.74) is 0.695. The van der Waals surface area contributed by atoms with Gasteiger partial charge in [-0.25, -0.2) is 0 Å². The first-order valence-electron chi connectivity index (χ1n) is 6.90. The van der Waals surface area contributed by atoms with Crippen molar-refractivity contribution in [2.24, 2.45) is 5.92 Å². The summed E-state index contributed by atoms with van der Waals surface area (Å²) < 4.78 is 10.3. The van der Waals surface area contributed by atoms with Gasteiger partial charge in [-0.1, -0.05) is 18.2 Å². The van der Waals surface area contributed by atoms with E-state index < -0.39 is 23.5 Å². The second-order valence-corrected chi connectivity index (χ2v) is 4.72. The van der Waals surface area contributed by atoms with Crippen LogP contribution in [0.5, 0.6) is 5.75 Å². The van der Waals surface area contributed by atoms with Gasteiger partial charge in [0.1, 0.15) is 11.5 Å². The van der Waals surface area contributed by atoms with E-state index in [1.165, 1.54) is 19.1 Å². The van der Waals surface area contributed by atoms with Crippen molar-refractivity contribution in [2.45, 2.75) is 13.8 Å². The van der Waals surface area contributed by atoms with Crippen molar-refractivity contribution in [1.29, 1.82) is 0 Å². The average Bonchev–Trinajstić information content (AvgIpc) is 2.45. The number of hydrogen-bond donors (Lipinski definition) is 0. The van der Waals surface area contributed by atoms with Crippen molar-refractivity contribution in [3.8, 4) is 5.75 Å². The number of hydrogen-bond acceptors (Lipinski definition) is 5. The number of rotatable bonds is 5. The molecular formula is C17H16O5. The zero-order valence-corrected chi connectivity index (χ0v) is 12.4. The maximum atomic E-state index is 12.1. The van der Waals surface area contributed by atoms with Crippen molar-refractivity contribution in [1.82, 2.24) is 0 Å². The summed E-state index contributed by atoms with van der Waals surface area (Å²) in [5, 5.41) is 0. The first-order valence-corrected chi connectivity index (χ1v) is 6.90. The van der Waals surface area contributed by atoms with E-state index in [1.807, 2.05) is 13.0 Å². The molecule has 2 rings (SSSR count). The number of para-hydroxylation sites is 1. The Balaban J connectivity index is 2.19. The molecule has 5 nitrogen and oxygen atoms in total. The molecule has 0 aromatic heterocycles. The maximum absolute atomic E-state index is 12.1. The summed E-state index contributed by atoms with van der Waals surface area (Å²) in [6.45, 7) is 3.85. The number of ketones is 2. The summed E-state index contributed by atoms with van der Waals surface area (Å²) in [6, 6.07) is 7.18. The fraction of sp³-hybridized carbons (Fsp3) is 0.235. The van der Waals surface area contributed by atoms with Crippen LogP contribution >= 0.6 is 0 Å². The molecule has 114 valence electrons. The Bertz CT molecular complexity index is 669. The smallest absolute Gasteiger partial charge is 0.329 e. The van der Waals surface area contributed by atoms with Gasteiger partial charge < -0.3 is 9.47 Å². The summed E-state index contributed by atoms with van der Waals surface area (Å²) in [7, 11) is 0. The highest BCUT2D eigenvalue weighted by Gasteiger charge is 2.36. The Morgan fingerprint density at radius 2 is 2.05 bits per heavy atom. The quantitative estimate of drug-likeness (QED) is 0.474. The van der Waals surface area contributed by atoms with Crippen LogP contribution in [0, 0.1) is 5.92 Å². The second kappa shape index (κ2) is 6.85. The molecule has 1 aromatic carbocycles. The third-order valence-corrected chi connectivity index (χ3v) is 3.06. The van der Waals surface area contributed by atoms with Crippen LogP contribution in [0.2, 0.25) is 0 Å². The molecule has 0 saturated heterocycles. The van der Waals surface area contributed by atoms with Crippen molar-refractivity contribution >= 4 is 23.6 Å². The minimum absolute atomic E-state index is 0.199. The average molecular weight is 300 g/mol. The van der Waals surface area contributed by atoms with E-state index >= 15 is 0 Å². The molecule has 5 heteroatoms. The fourth-order valence-electron chi connectivity index (χ4n) is 2.08. The Morgan fingerprint density at radius 3 is 2.73 bits per heavy atom. The SMILES string of the molecule is CCOc1ccccc1/C=C/C(=O)C1C(=O)C=C(C)OC1=O. The Morgan fingerprint density at radius 1 is 1.32 bits per heavy atom. The molecule has 1 unspecified atom stereocenters. The van der Waals surface area contributed by atoms with Gasteiger partial charge in [0.15, 0.2) is 17.5 Å². The Hall–Kier alpha value is -2.69. The molecule has 1 aliphatic rings. The maximum Gasteiger partial charge on any atom is 0.329 e. The molecule has 0 radical (unpaired) electrons. The number of cyclic esters (lactones) is 1. The zero-order chi connectivity index (χ0) is 16.1. The van der Waals surface area contributed by atoms with Crippen LogP contribution in [0.4, 0.5) is 0 Å². The third-order valence-electron chi connectivity index (χ3n) is 3.06. The molecule has 0 bridgehead atoms. The van der Waals surface area contributed by atoms with E-state index in [0.717, 1.165) is 6.08 Å². The molecule has 1 atom stereocenters. The minimum atomic E-state index is -1.42. The van der Waals surface area contributed by atoms with Crippen LogP contribution in [-0.2, 0) is 19.1 Å². The van der Waals surface area contributed by atoms with Crippen LogP contribution < -0.4 is 4.74 Å². The van der Waals surface area contributed by atoms with Crippen LogP contribution in [0.3, 0.4) is 0 Å². The number of ether oxygens (including phenoxy) is 2. The molecule has 0 N–H and O–H groups in total. The van der Waals surface area contributed by atoms with E-state index in [4.69, 9.17) is 9.47 Å². The highest BCUT2D eigenvalue weighted by atomic mass is 16.5. The number of benzene rings is 1. The number of esters is 1. The van der Waals surface area contributed by atoms with E-state index in [-0.39, 0.29) is 5.76 Å². The van der Waals surface area contributed by atoms with Crippen molar-refractivity contribution in [3.05, 3.63) is 47.7 Å². The van der Waals surface area contributed by atoms with Gasteiger partial charge >= 0.3 is 5.97 Å². The van der Waals surface area contributed by atoms with Gasteiger partial charge in [-0.2, -0.15) is 0 Å². The largest absolute Gasteiger partial charge is 0.493 e. The molecule has 1 aromatic rings. The van der Waals surface area contributed by atoms with E-state index in [2.05, 4.69) is 0 Å². The Kier molecular flexibility index (Phi) is 4.88. The second-order valence-electron chi connectivity index (χ2n) is 4.72. The summed E-state index contributed by atoms with van der Waals surface area (Å²) in [5.74, 6) is -2.59. The normalized spacial score (nSPS) is 18.1. The van der Waals surface area contributed by atoms with E-state index in [1.54, 1.807) is 18.2 Å². The molecule has 0 amide bonds. The molecule has 0 aliphatic carbocycles. The van der Waals surface area contributed by atoms with Crippen LogP contribution in [0.25, 0.3) is 6.08 Å². The molecule has 1 aliphatic heterocycles.